The largest absolute Gasteiger partial charge is 0.392 e. The summed E-state index contributed by atoms with van der Waals surface area (Å²) in [6.07, 6.45) is 7.10. The molecule has 2 nitrogen and oxygen atoms in total. The maximum atomic E-state index is 10.1. The highest BCUT2D eigenvalue weighted by Gasteiger charge is 2.53. The Morgan fingerprint density at radius 2 is 1.74 bits per heavy atom. The van der Waals surface area contributed by atoms with Gasteiger partial charge in [-0.05, 0) is 43.4 Å². The maximum absolute atomic E-state index is 10.1. The van der Waals surface area contributed by atoms with Gasteiger partial charge in [0.15, 0.2) is 0 Å². The van der Waals surface area contributed by atoms with E-state index in [1.807, 2.05) is 0 Å². The second-order valence-electron chi connectivity index (χ2n) is 7.85. The Morgan fingerprint density at radius 3 is 2.21 bits per heavy atom. The van der Waals surface area contributed by atoms with Gasteiger partial charge in [0, 0.05) is 11.8 Å². The van der Waals surface area contributed by atoms with Gasteiger partial charge < -0.3 is 9.84 Å². The van der Waals surface area contributed by atoms with Crippen molar-refractivity contribution in [2.75, 3.05) is 0 Å². The van der Waals surface area contributed by atoms with Crippen LogP contribution < -0.4 is 0 Å². The Bertz CT molecular complexity index is 306. The molecule has 0 aliphatic heterocycles. The fourth-order valence-corrected chi connectivity index (χ4v) is 4.69. The van der Waals surface area contributed by atoms with E-state index in [2.05, 4.69) is 34.6 Å². The van der Waals surface area contributed by atoms with Gasteiger partial charge in [-0.25, -0.2) is 0 Å². The molecule has 2 rings (SSSR count). The van der Waals surface area contributed by atoms with Gasteiger partial charge in [0.05, 0.1) is 18.3 Å². The normalized spacial score (nSPS) is 40.7. The lowest BCUT2D eigenvalue weighted by molar-refractivity contribution is -0.223. The maximum Gasteiger partial charge on any atom is 0.0684 e. The van der Waals surface area contributed by atoms with E-state index in [0.29, 0.717) is 11.5 Å². The summed E-state index contributed by atoms with van der Waals surface area (Å²) in [6, 6.07) is 0. The summed E-state index contributed by atoms with van der Waals surface area (Å²) in [5.74, 6) is 0.761. The standard InChI is InChI=1S/C17H32O2/c1-6-17(7-2)14(18)9-15(17)19-13-8-12(3)10-16(4,5)11-13/h12-15,18H,6-11H2,1-5H3. The van der Waals surface area contributed by atoms with Gasteiger partial charge in [-0.3, -0.25) is 0 Å². The van der Waals surface area contributed by atoms with Gasteiger partial charge in [0.2, 0.25) is 0 Å². The summed E-state index contributed by atoms with van der Waals surface area (Å²) >= 11 is 0. The van der Waals surface area contributed by atoms with E-state index in [0.717, 1.165) is 25.2 Å². The van der Waals surface area contributed by atoms with E-state index in [1.54, 1.807) is 0 Å². The topological polar surface area (TPSA) is 29.5 Å². The summed E-state index contributed by atoms with van der Waals surface area (Å²) in [6.45, 7) is 11.5. The van der Waals surface area contributed by atoms with Crippen molar-refractivity contribution in [1.29, 1.82) is 0 Å². The van der Waals surface area contributed by atoms with E-state index < -0.39 is 0 Å². The molecule has 0 saturated heterocycles. The molecule has 0 bridgehead atoms. The Hall–Kier alpha value is -0.0800. The van der Waals surface area contributed by atoms with Crippen molar-refractivity contribution in [1.82, 2.24) is 0 Å². The quantitative estimate of drug-likeness (QED) is 0.829. The van der Waals surface area contributed by atoms with Crippen LogP contribution in [0.15, 0.2) is 0 Å². The second kappa shape index (κ2) is 5.37. The summed E-state index contributed by atoms with van der Waals surface area (Å²) in [4.78, 5) is 0. The van der Waals surface area contributed by atoms with Gasteiger partial charge in [-0.1, -0.05) is 34.6 Å². The third-order valence-electron chi connectivity index (χ3n) is 5.76. The molecule has 0 radical (unpaired) electrons. The molecule has 0 aromatic carbocycles. The van der Waals surface area contributed by atoms with Crippen LogP contribution in [0.3, 0.4) is 0 Å². The molecule has 4 unspecified atom stereocenters. The number of rotatable bonds is 4. The van der Waals surface area contributed by atoms with Gasteiger partial charge in [-0.15, -0.1) is 0 Å². The van der Waals surface area contributed by atoms with Crippen LogP contribution in [0.5, 0.6) is 0 Å². The third-order valence-corrected chi connectivity index (χ3v) is 5.76. The average molecular weight is 268 g/mol. The average Bonchev–Trinajstić information content (AvgIpc) is 2.27. The monoisotopic (exact) mass is 268 g/mol. The molecule has 4 atom stereocenters. The highest BCUT2D eigenvalue weighted by molar-refractivity contribution is 5.03. The minimum atomic E-state index is -0.151. The fourth-order valence-electron chi connectivity index (χ4n) is 4.69. The predicted molar refractivity (Wildman–Crippen MR) is 79.1 cm³/mol. The van der Waals surface area contributed by atoms with Crippen LogP contribution in [0.4, 0.5) is 0 Å². The number of hydrogen-bond acceptors (Lipinski definition) is 2. The third kappa shape index (κ3) is 2.85. The van der Waals surface area contributed by atoms with Crippen molar-refractivity contribution in [2.45, 2.75) is 91.5 Å². The first-order valence-electron chi connectivity index (χ1n) is 8.16. The summed E-state index contributed by atoms with van der Waals surface area (Å²) in [5, 5.41) is 10.1. The first-order valence-corrected chi connectivity index (χ1v) is 8.16. The number of aliphatic hydroxyl groups is 1. The zero-order valence-electron chi connectivity index (χ0n) is 13.4. The van der Waals surface area contributed by atoms with E-state index in [9.17, 15) is 5.11 Å². The molecule has 2 aliphatic rings. The highest BCUT2D eigenvalue weighted by atomic mass is 16.5. The molecule has 0 heterocycles. The molecule has 2 heteroatoms. The molecule has 0 aromatic rings. The van der Waals surface area contributed by atoms with Crippen LogP contribution in [-0.4, -0.2) is 23.4 Å². The Kier molecular flexibility index (Phi) is 4.32. The molecular formula is C17H32O2. The molecule has 0 spiro atoms. The van der Waals surface area contributed by atoms with Crippen LogP contribution in [0.1, 0.15) is 73.1 Å². The zero-order valence-corrected chi connectivity index (χ0v) is 13.4. The van der Waals surface area contributed by atoms with Crippen molar-refractivity contribution in [3.05, 3.63) is 0 Å². The lowest BCUT2D eigenvalue weighted by Crippen LogP contribution is -2.59. The number of aliphatic hydroxyl groups excluding tert-OH is 1. The van der Waals surface area contributed by atoms with Crippen molar-refractivity contribution in [3.8, 4) is 0 Å². The van der Waals surface area contributed by atoms with Crippen molar-refractivity contribution < 1.29 is 9.84 Å². The Morgan fingerprint density at radius 1 is 1.11 bits per heavy atom. The van der Waals surface area contributed by atoms with Crippen molar-refractivity contribution >= 4 is 0 Å². The first kappa shape index (κ1) is 15.3. The van der Waals surface area contributed by atoms with Gasteiger partial charge >= 0.3 is 0 Å². The molecular weight excluding hydrogens is 236 g/mol. The van der Waals surface area contributed by atoms with E-state index in [-0.39, 0.29) is 17.6 Å². The van der Waals surface area contributed by atoms with Crippen LogP contribution in [0.25, 0.3) is 0 Å². The number of ether oxygens (including phenoxy) is 1. The summed E-state index contributed by atoms with van der Waals surface area (Å²) in [7, 11) is 0. The SMILES string of the molecule is CCC1(CC)C(O)CC1OC1CC(C)CC(C)(C)C1. The van der Waals surface area contributed by atoms with Crippen LogP contribution in [-0.2, 0) is 4.74 Å². The van der Waals surface area contributed by atoms with Crippen LogP contribution >= 0.6 is 0 Å². The molecule has 2 saturated carbocycles. The van der Waals surface area contributed by atoms with Crippen LogP contribution in [0, 0.1) is 16.7 Å². The van der Waals surface area contributed by atoms with E-state index in [1.165, 1.54) is 19.3 Å². The fraction of sp³-hybridized carbons (Fsp3) is 1.00. The van der Waals surface area contributed by atoms with Gasteiger partial charge in [0.25, 0.3) is 0 Å². The minimum Gasteiger partial charge on any atom is -0.392 e. The molecule has 2 fully saturated rings. The zero-order chi connectivity index (χ0) is 14.3. The first-order chi connectivity index (χ1) is 8.83. The van der Waals surface area contributed by atoms with Crippen molar-refractivity contribution in [3.63, 3.8) is 0 Å². The molecule has 0 amide bonds. The van der Waals surface area contributed by atoms with Gasteiger partial charge in [-0.2, -0.15) is 0 Å². The van der Waals surface area contributed by atoms with Crippen molar-refractivity contribution in [2.24, 2.45) is 16.7 Å². The highest BCUT2D eigenvalue weighted by Crippen LogP contribution is 2.51. The van der Waals surface area contributed by atoms with E-state index in [4.69, 9.17) is 4.74 Å². The minimum absolute atomic E-state index is 0.0326. The molecule has 112 valence electrons. The summed E-state index contributed by atoms with van der Waals surface area (Å²) < 4.78 is 6.44. The van der Waals surface area contributed by atoms with E-state index >= 15 is 0 Å². The molecule has 19 heavy (non-hydrogen) atoms. The summed E-state index contributed by atoms with van der Waals surface area (Å²) in [5.41, 5.74) is 0.441. The second-order valence-corrected chi connectivity index (χ2v) is 7.85. The lowest BCUT2D eigenvalue weighted by atomic mass is 9.60. The molecule has 1 N–H and O–H groups in total. The molecule has 2 aliphatic carbocycles. The van der Waals surface area contributed by atoms with Crippen LogP contribution in [0.2, 0.25) is 0 Å². The smallest absolute Gasteiger partial charge is 0.0684 e. The Labute approximate surface area is 118 Å². The predicted octanol–water partition coefficient (Wildman–Crippen LogP) is 4.16. The lowest BCUT2D eigenvalue weighted by Gasteiger charge is -2.54. The number of hydrogen-bond donors (Lipinski definition) is 1. The van der Waals surface area contributed by atoms with Gasteiger partial charge in [0.1, 0.15) is 0 Å². The molecule has 0 aromatic heterocycles. The Balaban J connectivity index is 1.98.